The van der Waals surface area contributed by atoms with Gasteiger partial charge < -0.3 is 16.0 Å². The van der Waals surface area contributed by atoms with Crippen molar-refractivity contribution in [3.63, 3.8) is 0 Å². The van der Waals surface area contributed by atoms with E-state index in [1.807, 2.05) is 14.0 Å². The van der Waals surface area contributed by atoms with Crippen LogP contribution in [0.5, 0.6) is 0 Å². The molecule has 0 aliphatic heterocycles. The Kier molecular flexibility index (Phi) is 5.08. The predicted octanol–water partition coefficient (Wildman–Crippen LogP) is 0.180. The van der Waals surface area contributed by atoms with E-state index in [2.05, 4.69) is 24.1 Å². The summed E-state index contributed by atoms with van der Waals surface area (Å²) in [4.78, 5) is 13.4. The Labute approximate surface area is 86.8 Å². The molecule has 3 N–H and O–H groups in total. The summed E-state index contributed by atoms with van der Waals surface area (Å²) in [6.07, 6.45) is 0.725. The SMILES string of the molecule is CCN(C)C(C)CC(C)(NC)C(N)=O. The molecule has 0 heterocycles. The number of nitrogens with zero attached hydrogens (tertiary/aromatic N) is 1. The quantitative estimate of drug-likeness (QED) is 0.644. The van der Waals surface area contributed by atoms with Gasteiger partial charge in [-0.15, -0.1) is 0 Å². The molecule has 0 saturated heterocycles. The minimum atomic E-state index is -0.608. The molecule has 2 unspecified atom stereocenters. The molecule has 0 spiro atoms. The van der Waals surface area contributed by atoms with E-state index >= 15 is 0 Å². The number of nitrogens with two attached hydrogens (primary N) is 1. The first-order valence-electron chi connectivity index (χ1n) is 5.06. The van der Waals surface area contributed by atoms with E-state index in [1.54, 1.807) is 7.05 Å². The van der Waals surface area contributed by atoms with Crippen LogP contribution in [0.25, 0.3) is 0 Å². The van der Waals surface area contributed by atoms with Crippen molar-refractivity contribution < 1.29 is 4.79 Å². The zero-order valence-corrected chi connectivity index (χ0v) is 9.92. The van der Waals surface area contributed by atoms with Gasteiger partial charge in [-0.2, -0.15) is 0 Å². The summed E-state index contributed by atoms with van der Waals surface area (Å²) in [7, 11) is 3.81. The Morgan fingerprint density at radius 1 is 1.64 bits per heavy atom. The Bertz CT molecular complexity index is 196. The maximum absolute atomic E-state index is 11.2. The van der Waals surface area contributed by atoms with Crippen LogP contribution in [0, 0.1) is 0 Å². The van der Waals surface area contributed by atoms with Gasteiger partial charge in [0.2, 0.25) is 5.91 Å². The van der Waals surface area contributed by atoms with Crippen LogP contribution in [0.1, 0.15) is 27.2 Å². The molecule has 0 rings (SSSR count). The smallest absolute Gasteiger partial charge is 0.237 e. The standard InChI is InChI=1S/C10H23N3O/c1-6-13(5)8(2)7-10(3,12-4)9(11)14/h8,12H,6-7H2,1-5H3,(H2,11,14). The number of amides is 1. The number of primary amides is 1. The molecule has 0 aromatic heterocycles. The van der Waals surface area contributed by atoms with Crippen LogP contribution in [-0.2, 0) is 4.79 Å². The van der Waals surface area contributed by atoms with Gasteiger partial charge in [0.15, 0.2) is 0 Å². The van der Waals surface area contributed by atoms with E-state index in [0.29, 0.717) is 6.04 Å². The van der Waals surface area contributed by atoms with Gasteiger partial charge in [-0.3, -0.25) is 4.79 Å². The third-order valence-corrected chi connectivity index (χ3v) is 3.05. The minimum Gasteiger partial charge on any atom is -0.368 e. The number of likely N-dealkylation sites (N-methyl/N-ethyl adjacent to an activating group) is 1. The van der Waals surface area contributed by atoms with E-state index in [4.69, 9.17) is 5.73 Å². The molecule has 14 heavy (non-hydrogen) atoms. The summed E-state index contributed by atoms with van der Waals surface area (Å²) in [6.45, 7) is 7.01. The molecule has 4 heteroatoms. The minimum absolute atomic E-state index is 0.295. The summed E-state index contributed by atoms with van der Waals surface area (Å²) in [5, 5.41) is 2.99. The van der Waals surface area contributed by atoms with Crippen molar-refractivity contribution in [3.05, 3.63) is 0 Å². The number of rotatable bonds is 6. The lowest BCUT2D eigenvalue weighted by Crippen LogP contribution is -2.54. The van der Waals surface area contributed by atoms with Crippen LogP contribution in [0.15, 0.2) is 0 Å². The Morgan fingerprint density at radius 2 is 2.14 bits per heavy atom. The summed E-state index contributed by atoms with van der Waals surface area (Å²) in [5.41, 5.74) is 4.74. The molecule has 84 valence electrons. The monoisotopic (exact) mass is 201 g/mol. The van der Waals surface area contributed by atoms with Crippen molar-refractivity contribution >= 4 is 5.91 Å². The average molecular weight is 201 g/mol. The lowest BCUT2D eigenvalue weighted by atomic mass is 9.92. The molecule has 0 aromatic rings. The molecule has 0 bridgehead atoms. The van der Waals surface area contributed by atoms with Crippen LogP contribution in [0.2, 0.25) is 0 Å². The van der Waals surface area contributed by atoms with Crippen molar-refractivity contribution in [2.45, 2.75) is 38.8 Å². The molecular formula is C10H23N3O. The second-order valence-electron chi connectivity index (χ2n) is 4.07. The van der Waals surface area contributed by atoms with Crippen molar-refractivity contribution in [2.24, 2.45) is 5.73 Å². The highest BCUT2D eigenvalue weighted by atomic mass is 16.1. The van der Waals surface area contributed by atoms with Gasteiger partial charge in [-0.1, -0.05) is 6.92 Å². The largest absolute Gasteiger partial charge is 0.368 e. The highest BCUT2D eigenvalue weighted by Gasteiger charge is 2.31. The van der Waals surface area contributed by atoms with Crippen LogP contribution in [-0.4, -0.2) is 43.0 Å². The number of nitrogens with one attached hydrogen (secondary N) is 1. The van der Waals surface area contributed by atoms with E-state index in [0.717, 1.165) is 13.0 Å². The molecule has 0 aromatic carbocycles. The molecule has 4 nitrogen and oxygen atoms in total. The Hall–Kier alpha value is -0.610. The fraction of sp³-hybridized carbons (Fsp3) is 0.900. The van der Waals surface area contributed by atoms with E-state index in [1.165, 1.54) is 0 Å². The Balaban J connectivity index is 4.39. The third-order valence-electron chi connectivity index (χ3n) is 3.05. The molecular weight excluding hydrogens is 178 g/mol. The number of hydrogen-bond acceptors (Lipinski definition) is 3. The van der Waals surface area contributed by atoms with Gasteiger partial charge in [0, 0.05) is 6.04 Å². The van der Waals surface area contributed by atoms with Gasteiger partial charge in [0.1, 0.15) is 0 Å². The van der Waals surface area contributed by atoms with Crippen molar-refractivity contribution in [1.82, 2.24) is 10.2 Å². The topological polar surface area (TPSA) is 58.4 Å². The second kappa shape index (κ2) is 5.32. The lowest BCUT2D eigenvalue weighted by molar-refractivity contribution is -0.124. The summed E-state index contributed by atoms with van der Waals surface area (Å²) >= 11 is 0. The fourth-order valence-electron chi connectivity index (χ4n) is 1.38. The van der Waals surface area contributed by atoms with E-state index in [9.17, 15) is 4.79 Å². The third kappa shape index (κ3) is 3.27. The van der Waals surface area contributed by atoms with Crippen molar-refractivity contribution in [1.29, 1.82) is 0 Å². The van der Waals surface area contributed by atoms with Crippen LogP contribution < -0.4 is 11.1 Å². The van der Waals surface area contributed by atoms with E-state index in [-0.39, 0.29) is 5.91 Å². The predicted molar refractivity (Wildman–Crippen MR) is 59.0 cm³/mol. The molecule has 0 fully saturated rings. The maximum atomic E-state index is 11.2. The molecule has 0 saturated carbocycles. The highest BCUT2D eigenvalue weighted by molar-refractivity contribution is 5.84. The first kappa shape index (κ1) is 13.4. The zero-order valence-electron chi connectivity index (χ0n) is 9.92. The molecule has 2 atom stereocenters. The van der Waals surface area contributed by atoms with Crippen LogP contribution >= 0.6 is 0 Å². The van der Waals surface area contributed by atoms with Gasteiger partial charge in [-0.05, 0) is 40.9 Å². The maximum Gasteiger partial charge on any atom is 0.237 e. The Morgan fingerprint density at radius 3 is 2.43 bits per heavy atom. The molecule has 1 amide bonds. The lowest BCUT2D eigenvalue weighted by Gasteiger charge is -2.32. The van der Waals surface area contributed by atoms with Gasteiger partial charge in [0.05, 0.1) is 5.54 Å². The number of hydrogen-bond donors (Lipinski definition) is 2. The fourth-order valence-corrected chi connectivity index (χ4v) is 1.38. The first-order valence-corrected chi connectivity index (χ1v) is 5.06. The highest BCUT2D eigenvalue weighted by Crippen LogP contribution is 2.14. The van der Waals surface area contributed by atoms with Crippen LogP contribution in [0.3, 0.4) is 0 Å². The zero-order chi connectivity index (χ0) is 11.4. The normalized spacial score (nSPS) is 17.9. The first-order chi connectivity index (χ1) is 6.37. The molecule has 0 radical (unpaired) electrons. The van der Waals surface area contributed by atoms with Gasteiger partial charge >= 0.3 is 0 Å². The van der Waals surface area contributed by atoms with Crippen LogP contribution in [0.4, 0.5) is 0 Å². The molecule has 0 aliphatic carbocycles. The number of carbonyl (C=O) groups excluding carboxylic acids is 1. The van der Waals surface area contributed by atoms with Gasteiger partial charge in [-0.25, -0.2) is 0 Å². The van der Waals surface area contributed by atoms with Crippen molar-refractivity contribution in [2.75, 3.05) is 20.6 Å². The number of carbonyl (C=O) groups is 1. The van der Waals surface area contributed by atoms with Crippen molar-refractivity contribution in [3.8, 4) is 0 Å². The molecule has 0 aliphatic rings. The second-order valence-corrected chi connectivity index (χ2v) is 4.07. The van der Waals surface area contributed by atoms with Gasteiger partial charge in [0.25, 0.3) is 0 Å². The summed E-state index contributed by atoms with van der Waals surface area (Å²) in [6, 6.07) is 0.338. The summed E-state index contributed by atoms with van der Waals surface area (Å²) in [5.74, 6) is -0.295. The summed E-state index contributed by atoms with van der Waals surface area (Å²) < 4.78 is 0. The average Bonchev–Trinajstić information content (AvgIpc) is 2.15. The van der Waals surface area contributed by atoms with E-state index < -0.39 is 5.54 Å².